The number of piperazine rings is 1. The topological polar surface area (TPSA) is 23.6 Å². The molecular formula is C18H23ClN2O. The summed E-state index contributed by atoms with van der Waals surface area (Å²) in [4.78, 5) is 16.9. The number of carbonyl (C=O) groups excluding carboxylic acids is 1. The molecule has 1 aromatic rings. The molecule has 118 valence electrons. The number of carbonyl (C=O) groups is 1. The van der Waals surface area contributed by atoms with Crippen LogP contribution < -0.4 is 0 Å². The minimum Gasteiger partial charge on any atom is -0.336 e. The zero-order chi connectivity index (χ0) is 15.5. The Morgan fingerprint density at radius 1 is 1.14 bits per heavy atom. The van der Waals surface area contributed by atoms with Crippen LogP contribution in [0.2, 0.25) is 0 Å². The Kier molecular flexibility index (Phi) is 4.84. The highest BCUT2D eigenvalue weighted by Crippen LogP contribution is 2.30. The van der Waals surface area contributed by atoms with Gasteiger partial charge in [0.2, 0.25) is 0 Å². The SMILES string of the molecule is Cc1ccccc1CN1CCN(C(=O)C2=C(Cl)CCC2)CC1. The third-order valence-electron chi connectivity index (χ3n) is 4.72. The molecule has 0 saturated carbocycles. The summed E-state index contributed by atoms with van der Waals surface area (Å²) in [6, 6.07) is 8.52. The molecule has 1 heterocycles. The highest BCUT2D eigenvalue weighted by Gasteiger charge is 2.27. The number of nitrogens with zero attached hydrogens (tertiary/aromatic N) is 2. The lowest BCUT2D eigenvalue weighted by Gasteiger charge is -2.35. The van der Waals surface area contributed by atoms with Crippen molar-refractivity contribution in [1.29, 1.82) is 0 Å². The molecule has 22 heavy (non-hydrogen) atoms. The Morgan fingerprint density at radius 3 is 2.50 bits per heavy atom. The molecule has 0 N–H and O–H groups in total. The molecule has 0 atom stereocenters. The molecule has 0 unspecified atom stereocenters. The van der Waals surface area contributed by atoms with E-state index < -0.39 is 0 Å². The minimum atomic E-state index is 0.165. The van der Waals surface area contributed by atoms with E-state index in [0.29, 0.717) is 0 Å². The summed E-state index contributed by atoms with van der Waals surface area (Å²) in [6.07, 6.45) is 2.74. The summed E-state index contributed by atoms with van der Waals surface area (Å²) in [7, 11) is 0. The third-order valence-corrected chi connectivity index (χ3v) is 5.14. The fourth-order valence-corrected chi connectivity index (χ4v) is 3.57. The lowest BCUT2D eigenvalue weighted by Crippen LogP contribution is -2.48. The number of benzene rings is 1. The smallest absolute Gasteiger partial charge is 0.251 e. The van der Waals surface area contributed by atoms with Crippen LogP contribution in [0.1, 0.15) is 30.4 Å². The molecule has 2 aliphatic rings. The van der Waals surface area contributed by atoms with Crippen LogP contribution in [0.3, 0.4) is 0 Å². The van der Waals surface area contributed by atoms with Crippen molar-refractivity contribution < 1.29 is 4.79 Å². The van der Waals surface area contributed by atoms with E-state index >= 15 is 0 Å². The lowest BCUT2D eigenvalue weighted by atomic mass is 10.1. The fourth-order valence-electron chi connectivity index (χ4n) is 3.26. The Morgan fingerprint density at radius 2 is 1.86 bits per heavy atom. The van der Waals surface area contributed by atoms with Gasteiger partial charge in [-0.1, -0.05) is 35.9 Å². The maximum Gasteiger partial charge on any atom is 0.251 e. The summed E-state index contributed by atoms with van der Waals surface area (Å²) in [6.45, 7) is 6.61. The van der Waals surface area contributed by atoms with Gasteiger partial charge in [0.15, 0.2) is 0 Å². The summed E-state index contributed by atoms with van der Waals surface area (Å²) in [5, 5.41) is 0.785. The highest BCUT2D eigenvalue weighted by atomic mass is 35.5. The number of hydrogen-bond donors (Lipinski definition) is 0. The average Bonchev–Trinajstić information content (AvgIpc) is 2.96. The molecule has 1 fully saturated rings. The van der Waals surface area contributed by atoms with Crippen LogP contribution in [-0.4, -0.2) is 41.9 Å². The molecular weight excluding hydrogens is 296 g/mol. The van der Waals surface area contributed by atoms with Crippen LogP contribution >= 0.6 is 11.6 Å². The predicted molar refractivity (Wildman–Crippen MR) is 89.8 cm³/mol. The van der Waals surface area contributed by atoms with E-state index in [-0.39, 0.29) is 5.91 Å². The van der Waals surface area contributed by atoms with Gasteiger partial charge in [0.1, 0.15) is 0 Å². The number of amides is 1. The Balaban J connectivity index is 1.56. The van der Waals surface area contributed by atoms with Crippen LogP contribution in [0.25, 0.3) is 0 Å². The normalized spacial score (nSPS) is 19.8. The zero-order valence-corrected chi connectivity index (χ0v) is 13.9. The van der Waals surface area contributed by atoms with E-state index in [4.69, 9.17) is 11.6 Å². The van der Waals surface area contributed by atoms with Gasteiger partial charge in [-0.2, -0.15) is 0 Å². The number of hydrogen-bond acceptors (Lipinski definition) is 2. The lowest BCUT2D eigenvalue weighted by molar-refractivity contribution is -0.129. The predicted octanol–water partition coefficient (Wildman–Crippen LogP) is 3.32. The van der Waals surface area contributed by atoms with Crippen molar-refractivity contribution in [1.82, 2.24) is 9.80 Å². The van der Waals surface area contributed by atoms with Crippen molar-refractivity contribution in [2.24, 2.45) is 0 Å². The van der Waals surface area contributed by atoms with Gasteiger partial charge in [-0.15, -0.1) is 0 Å². The molecule has 3 nitrogen and oxygen atoms in total. The van der Waals surface area contributed by atoms with E-state index in [0.717, 1.165) is 62.6 Å². The molecule has 0 aromatic heterocycles. The second-order valence-electron chi connectivity index (χ2n) is 6.23. The van der Waals surface area contributed by atoms with Crippen molar-refractivity contribution >= 4 is 17.5 Å². The average molecular weight is 319 g/mol. The standard InChI is InChI=1S/C18H23ClN2O/c1-14-5-2-3-6-15(14)13-20-9-11-21(12-10-20)18(22)16-7-4-8-17(16)19/h2-3,5-6H,4,7-13H2,1H3. The van der Waals surface area contributed by atoms with E-state index in [1.807, 2.05) is 4.90 Å². The van der Waals surface area contributed by atoms with Gasteiger partial charge in [0, 0.05) is 43.3 Å². The molecule has 1 saturated heterocycles. The molecule has 3 rings (SSSR count). The van der Waals surface area contributed by atoms with Gasteiger partial charge >= 0.3 is 0 Å². The van der Waals surface area contributed by atoms with E-state index in [1.54, 1.807) is 0 Å². The molecule has 1 amide bonds. The van der Waals surface area contributed by atoms with E-state index in [9.17, 15) is 4.79 Å². The molecule has 0 spiro atoms. The van der Waals surface area contributed by atoms with Gasteiger partial charge in [-0.25, -0.2) is 0 Å². The fraction of sp³-hybridized carbons (Fsp3) is 0.500. The van der Waals surface area contributed by atoms with Gasteiger partial charge in [0.25, 0.3) is 5.91 Å². The summed E-state index contributed by atoms with van der Waals surface area (Å²) >= 11 is 6.17. The molecule has 0 bridgehead atoms. The highest BCUT2D eigenvalue weighted by molar-refractivity contribution is 6.32. The Bertz CT molecular complexity index is 589. The minimum absolute atomic E-state index is 0.165. The monoisotopic (exact) mass is 318 g/mol. The number of aryl methyl sites for hydroxylation is 1. The van der Waals surface area contributed by atoms with Crippen LogP contribution in [0.4, 0.5) is 0 Å². The van der Waals surface area contributed by atoms with Crippen LogP contribution in [0, 0.1) is 6.92 Å². The second kappa shape index (κ2) is 6.84. The van der Waals surface area contributed by atoms with Crippen molar-refractivity contribution in [2.45, 2.75) is 32.7 Å². The van der Waals surface area contributed by atoms with Crippen molar-refractivity contribution in [3.8, 4) is 0 Å². The Hall–Kier alpha value is -1.32. The molecule has 0 radical (unpaired) electrons. The Labute approximate surface area is 137 Å². The first-order valence-electron chi connectivity index (χ1n) is 8.09. The first-order valence-corrected chi connectivity index (χ1v) is 8.46. The zero-order valence-electron chi connectivity index (χ0n) is 13.1. The van der Waals surface area contributed by atoms with Gasteiger partial charge < -0.3 is 4.90 Å². The molecule has 1 aliphatic heterocycles. The summed E-state index contributed by atoms with van der Waals surface area (Å²) < 4.78 is 0. The second-order valence-corrected chi connectivity index (χ2v) is 6.69. The largest absolute Gasteiger partial charge is 0.336 e. The third kappa shape index (κ3) is 3.36. The summed E-state index contributed by atoms with van der Waals surface area (Å²) in [5.74, 6) is 0.165. The van der Waals surface area contributed by atoms with Gasteiger partial charge in [-0.05, 0) is 37.3 Å². The van der Waals surface area contributed by atoms with E-state index in [1.165, 1.54) is 11.1 Å². The molecule has 1 aromatic carbocycles. The maximum atomic E-state index is 12.5. The number of rotatable bonds is 3. The van der Waals surface area contributed by atoms with E-state index in [2.05, 4.69) is 36.1 Å². The number of halogens is 1. The van der Waals surface area contributed by atoms with Crippen LogP contribution in [0.5, 0.6) is 0 Å². The first kappa shape index (κ1) is 15.6. The first-order chi connectivity index (χ1) is 10.6. The molecule has 4 heteroatoms. The maximum absolute atomic E-state index is 12.5. The van der Waals surface area contributed by atoms with Crippen LogP contribution in [-0.2, 0) is 11.3 Å². The van der Waals surface area contributed by atoms with Crippen LogP contribution in [0.15, 0.2) is 34.9 Å². The van der Waals surface area contributed by atoms with Crippen molar-refractivity contribution in [3.63, 3.8) is 0 Å². The van der Waals surface area contributed by atoms with Gasteiger partial charge in [0.05, 0.1) is 0 Å². The number of allylic oxidation sites excluding steroid dienone is 1. The van der Waals surface area contributed by atoms with Crippen molar-refractivity contribution in [3.05, 3.63) is 46.0 Å². The molecule has 1 aliphatic carbocycles. The quantitative estimate of drug-likeness (QED) is 0.853. The summed E-state index contributed by atoms with van der Waals surface area (Å²) in [5.41, 5.74) is 3.57. The van der Waals surface area contributed by atoms with Gasteiger partial charge in [-0.3, -0.25) is 9.69 Å². The van der Waals surface area contributed by atoms with Crippen molar-refractivity contribution in [2.75, 3.05) is 26.2 Å².